The van der Waals surface area contributed by atoms with Gasteiger partial charge in [0.25, 0.3) is 5.91 Å². The van der Waals surface area contributed by atoms with Crippen LogP contribution in [0.3, 0.4) is 0 Å². The molecular weight excluding hydrogens is 328 g/mol. The van der Waals surface area contributed by atoms with Crippen LogP contribution in [0, 0.1) is 11.5 Å². The third-order valence-corrected chi connectivity index (χ3v) is 4.85. The molecule has 2 amide bonds. The van der Waals surface area contributed by atoms with Gasteiger partial charge >= 0.3 is 0 Å². The van der Waals surface area contributed by atoms with Crippen molar-refractivity contribution in [3.8, 4) is 11.5 Å². The van der Waals surface area contributed by atoms with Crippen molar-refractivity contribution in [2.75, 3.05) is 18.0 Å². The molecule has 4 nitrogen and oxygen atoms in total. The largest absolute Gasteiger partial charge is 0.356 e. The van der Waals surface area contributed by atoms with Gasteiger partial charge < -0.3 is 10.2 Å². The van der Waals surface area contributed by atoms with Crippen molar-refractivity contribution in [2.45, 2.75) is 38.9 Å². The second-order valence-electron chi connectivity index (χ2n) is 7.33. The smallest absolute Gasteiger partial charge is 0.251 e. The Morgan fingerprint density at radius 3 is 2.72 bits per heavy atom. The highest BCUT2D eigenvalue weighted by Gasteiger charge is 2.30. The van der Waals surface area contributed by atoms with Crippen molar-refractivity contribution in [3.05, 3.63) is 42.0 Å². The number of hydrogen-bond donors (Lipinski definition) is 1. The summed E-state index contributed by atoms with van der Waals surface area (Å²) in [6, 6.07) is 7.99. The molecule has 0 radical (unpaired) electrons. The fraction of sp³-hybridized carbons (Fsp3) is 0.400. The first-order valence-electron chi connectivity index (χ1n) is 8.62. The third kappa shape index (κ3) is 5.61. The zero-order valence-electron chi connectivity index (χ0n) is 15.4. The molecule has 0 aromatic heterocycles. The molecule has 0 saturated carbocycles. The van der Waals surface area contributed by atoms with Gasteiger partial charge in [-0.2, -0.15) is 0 Å². The van der Waals surface area contributed by atoms with Crippen molar-refractivity contribution < 1.29 is 9.59 Å². The Kier molecular flexibility index (Phi) is 6.21. The maximum Gasteiger partial charge on any atom is 0.251 e. The van der Waals surface area contributed by atoms with Crippen molar-refractivity contribution in [3.63, 3.8) is 0 Å². The lowest BCUT2D eigenvalue weighted by atomic mass is 9.98. The first kappa shape index (κ1) is 19.0. The summed E-state index contributed by atoms with van der Waals surface area (Å²) in [7, 11) is -1.43. The molecule has 1 unspecified atom stereocenters. The second kappa shape index (κ2) is 8.17. The van der Waals surface area contributed by atoms with E-state index in [9.17, 15) is 9.59 Å². The van der Waals surface area contributed by atoms with Crippen LogP contribution in [0.4, 0.5) is 5.69 Å². The number of fused-ring (bicyclic) bond motifs is 1. The van der Waals surface area contributed by atoms with Gasteiger partial charge in [-0.1, -0.05) is 43.8 Å². The normalized spacial score (nSPS) is 16.3. The predicted octanol–water partition coefficient (Wildman–Crippen LogP) is 3.08. The van der Waals surface area contributed by atoms with Crippen LogP contribution < -0.4 is 10.2 Å². The van der Waals surface area contributed by atoms with Crippen molar-refractivity contribution >= 4 is 25.6 Å². The van der Waals surface area contributed by atoms with Gasteiger partial charge in [0.2, 0.25) is 5.91 Å². The average Bonchev–Trinajstić information content (AvgIpc) is 2.89. The molecule has 0 saturated heterocycles. The molecule has 5 heteroatoms. The molecule has 1 N–H and O–H groups in total. The Hall–Kier alpha value is -2.32. The number of rotatable bonds is 4. The summed E-state index contributed by atoms with van der Waals surface area (Å²) >= 11 is 0. The van der Waals surface area contributed by atoms with E-state index in [-0.39, 0.29) is 17.7 Å². The summed E-state index contributed by atoms with van der Waals surface area (Å²) in [6.07, 6.45) is 4.04. The molecule has 1 aliphatic heterocycles. The highest BCUT2D eigenvalue weighted by Crippen LogP contribution is 2.37. The van der Waals surface area contributed by atoms with E-state index in [1.807, 2.05) is 18.2 Å². The van der Waals surface area contributed by atoms with Crippen LogP contribution in [-0.4, -0.2) is 33.0 Å². The molecule has 25 heavy (non-hydrogen) atoms. The Morgan fingerprint density at radius 1 is 1.32 bits per heavy atom. The number of carbonyl (C=O) groups excluding carboxylic acids is 2. The minimum atomic E-state index is -1.43. The number of benzene rings is 1. The minimum Gasteiger partial charge on any atom is -0.356 e. The maximum atomic E-state index is 12.6. The van der Waals surface area contributed by atoms with Gasteiger partial charge in [-0.15, -0.1) is 5.54 Å². The number of anilines is 1. The average molecular weight is 355 g/mol. The number of hydrogen-bond acceptors (Lipinski definition) is 2. The summed E-state index contributed by atoms with van der Waals surface area (Å²) in [6.45, 7) is 9.30. The van der Waals surface area contributed by atoms with E-state index in [2.05, 4.69) is 42.5 Å². The van der Waals surface area contributed by atoms with E-state index in [1.165, 1.54) is 12.5 Å². The number of para-hydroxylation sites is 1. The topological polar surface area (TPSA) is 49.4 Å². The molecule has 0 fully saturated rings. The van der Waals surface area contributed by atoms with Gasteiger partial charge in [0.15, 0.2) is 0 Å². The van der Waals surface area contributed by atoms with Crippen molar-refractivity contribution in [1.29, 1.82) is 0 Å². The lowest BCUT2D eigenvalue weighted by Gasteiger charge is -2.15. The SMILES string of the molecule is CC(=O)NCCC1CN(C(=O)C=CC#C[Si](C)(C)C)c2ccccc21. The lowest BCUT2D eigenvalue weighted by Crippen LogP contribution is -2.29. The van der Waals surface area contributed by atoms with Crippen molar-refractivity contribution in [1.82, 2.24) is 5.32 Å². The fourth-order valence-electron chi connectivity index (χ4n) is 2.83. The quantitative estimate of drug-likeness (QED) is 0.513. The highest BCUT2D eigenvalue weighted by molar-refractivity contribution is 6.83. The summed E-state index contributed by atoms with van der Waals surface area (Å²) in [5.74, 6) is 3.17. The van der Waals surface area contributed by atoms with E-state index in [0.29, 0.717) is 13.1 Å². The van der Waals surface area contributed by atoms with Gasteiger partial charge in [-0.05, 0) is 24.1 Å². The van der Waals surface area contributed by atoms with E-state index < -0.39 is 8.07 Å². The van der Waals surface area contributed by atoms with Gasteiger partial charge in [0.05, 0.1) is 0 Å². The number of nitrogens with one attached hydrogen (secondary N) is 1. The molecule has 1 heterocycles. The van der Waals surface area contributed by atoms with E-state index >= 15 is 0 Å². The lowest BCUT2D eigenvalue weighted by molar-refractivity contribution is -0.119. The molecule has 1 aromatic carbocycles. The molecule has 2 rings (SSSR count). The number of carbonyl (C=O) groups is 2. The van der Waals surface area contributed by atoms with Crippen LogP contribution >= 0.6 is 0 Å². The van der Waals surface area contributed by atoms with Gasteiger partial charge in [-0.3, -0.25) is 9.59 Å². The minimum absolute atomic E-state index is 0.0249. The number of amides is 2. The maximum absolute atomic E-state index is 12.6. The van der Waals surface area contributed by atoms with E-state index in [0.717, 1.165) is 12.1 Å². The molecule has 1 aromatic rings. The van der Waals surface area contributed by atoms with E-state index in [4.69, 9.17) is 0 Å². The van der Waals surface area contributed by atoms with Crippen LogP contribution in [0.5, 0.6) is 0 Å². The van der Waals surface area contributed by atoms with Crippen LogP contribution in [0.25, 0.3) is 0 Å². The molecule has 0 bridgehead atoms. The molecule has 0 spiro atoms. The first-order valence-corrected chi connectivity index (χ1v) is 12.1. The highest BCUT2D eigenvalue weighted by atomic mass is 28.3. The molecule has 1 aliphatic rings. The van der Waals surface area contributed by atoms with Crippen LogP contribution in [-0.2, 0) is 9.59 Å². The monoisotopic (exact) mass is 354 g/mol. The summed E-state index contributed by atoms with van der Waals surface area (Å²) in [5.41, 5.74) is 5.36. The Labute approximate surface area is 151 Å². The van der Waals surface area contributed by atoms with Crippen LogP contribution in [0.15, 0.2) is 36.4 Å². The Morgan fingerprint density at radius 2 is 2.04 bits per heavy atom. The number of allylic oxidation sites excluding steroid dienone is 1. The van der Waals surface area contributed by atoms with E-state index in [1.54, 1.807) is 17.1 Å². The first-order chi connectivity index (χ1) is 11.8. The second-order valence-corrected chi connectivity index (χ2v) is 12.1. The van der Waals surface area contributed by atoms with Gasteiger partial charge in [-0.25, -0.2) is 0 Å². The Bertz CT molecular complexity index is 738. The Balaban J connectivity index is 2.08. The summed E-state index contributed by atoms with van der Waals surface area (Å²) < 4.78 is 0. The predicted molar refractivity (Wildman–Crippen MR) is 105 cm³/mol. The number of nitrogens with zero attached hydrogens (tertiary/aromatic N) is 1. The standard InChI is InChI=1S/C20H26N2O2Si/c1-16(23)21-13-12-17-15-22(19-10-6-5-9-18(17)19)20(24)11-7-8-14-25(2,3)4/h5-7,9-11,17H,12-13,15H2,1-4H3,(H,21,23). The summed E-state index contributed by atoms with van der Waals surface area (Å²) in [5, 5.41) is 2.83. The molecule has 1 atom stereocenters. The summed E-state index contributed by atoms with van der Waals surface area (Å²) in [4.78, 5) is 25.4. The fourth-order valence-corrected chi connectivity index (χ4v) is 3.35. The molecule has 132 valence electrons. The van der Waals surface area contributed by atoms with Gasteiger partial charge in [0.1, 0.15) is 8.07 Å². The molecular formula is C20H26N2O2Si. The van der Waals surface area contributed by atoms with Crippen LogP contribution in [0.1, 0.15) is 24.8 Å². The van der Waals surface area contributed by atoms with Crippen LogP contribution in [0.2, 0.25) is 19.6 Å². The zero-order chi connectivity index (χ0) is 18.4. The zero-order valence-corrected chi connectivity index (χ0v) is 16.4. The van der Waals surface area contributed by atoms with Crippen molar-refractivity contribution in [2.24, 2.45) is 0 Å². The third-order valence-electron chi connectivity index (χ3n) is 3.96. The molecule has 0 aliphatic carbocycles. The van der Waals surface area contributed by atoms with Gasteiger partial charge in [0, 0.05) is 37.7 Å².